The molecule has 1 heterocycles. The van der Waals surface area contributed by atoms with Gasteiger partial charge in [0.25, 0.3) is 11.5 Å². The molecule has 27 heavy (non-hydrogen) atoms. The van der Waals surface area contributed by atoms with Gasteiger partial charge in [0.05, 0.1) is 12.0 Å². The maximum Gasteiger partial charge on any atom is 0.253 e. The number of carbonyl (C=O) groups is 1. The van der Waals surface area contributed by atoms with E-state index in [1.54, 1.807) is 18.2 Å². The van der Waals surface area contributed by atoms with Crippen LogP contribution in [0.15, 0.2) is 59.7 Å². The van der Waals surface area contributed by atoms with Gasteiger partial charge >= 0.3 is 0 Å². The van der Waals surface area contributed by atoms with Crippen molar-refractivity contribution in [2.75, 3.05) is 6.54 Å². The Labute approximate surface area is 156 Å². The molecule has 0 atom stereocenters. The minimum Gasteiger partial charge on any atom is -0.350 e. The lowest BCUT2D eigenvalue weighted by molar-refractivity contribution is 0.0952. The molecule has 0 saturated heterocycles. The summed E-state index contributed by atoms with van der Waals surface area (Å²) in [6.07, 6.45) is 1.43. The van der Waals surface area contributed by atoms with E-state index >= 15 is 0 Å². The van der Waals surface area contributed by atoms with Gasteiger partial charge in [-0.3, -0.25) is 14.2 Å². The summed E-state index contributed by atoms with van der Waals surface area (Å²) in [7, 11) is 0. The number of carbonyl (C=O) groups excluding carboxylic acids is 1. The number of halogens is 1. The van der Waals surface area contributed by atoms with Crippen LogP contribution in [0, 0.1) is 19.7 Å². The number of amides is 1. The Morgan fingerprint density at radius 3 is 2.48 bits per heavy atom. The van der Waals surface area contributed by atoms with E-state index in [4.69, 9.17) is 0 Å². The second-order valence-electron chi connectivity index (χ2n) is 6.37. The number of hydrogen-bond donors (Lipinski definition) is 1. The highest BCUT2D eigenvalue weighted by Gasteiger charge is 2.07. The minimum atomic E-state index is -0.341. The van der Waals surface area contributed by atoms with Crippen LogP contribution >= 0.6 is 0 Å². The van der Waals surface area contributed by atoms with Crippen LogP contribution in [0.25, 0.3) is 11.3 Å². The molecule has 1 N–H and O–H groups in total. The lowest BCUT2D eigenvalue weighted by atomic mass is 10.1. The van der Waals surface area contributed by atoms with Gasteiger partial charge in [-0.2, -0.15) is 0 Å². The molecule has 0 fully saturated rings. The van der Waals surface area contributed by atoms with E-state index in [0.29, 0.717) is 29.9 Å². The zero-order valence-electron chi connectivity index (χ0n) is 15.2. The van der Waals surface area contributed by atoms with E-state index in [9.17, 15) is 14.0 Å². The number of benzene rings is 2. The molecule has 0 aliphatic rings. The average Bonchev–Trinajstić information content (AvgIpc) is 2.65. The summed E-state index contributed by atoms with van der Waals surface area (Å²) in [5.74, 6) is -0.520. The van der Waals surface area contributed by atoms with Gasteiger partial charge in [0.2, 0.25) is 0 Å². The van der Waals surface area contributed by atoms with Crippen LogP contribution in [0.2, 0.25) is 0 Å². The number of rotatable bonds is 5. The maximum absolute atomic E-state index is 13.0. The summed E-state index contributed by atoms with van der Waals surface area (Å²) in [6, 6.07) is 12.7. The first-order valence-electron chi connectivity index (χ1n) is 8.62. The van der Waals surface area contributed by atoms with Gasteiger partial charge in [-0.1, -0.05) is 6.07 Å². The predicted octanol–water partition coefficient (Wildman–Crippen LogP) is 3.10. The Morgan fingerprint density at radius 2 is 1.81 bits per heavy atom. The second kappa shape index (κ2) is 7.95. The molecule has 0 aliphatic carbocycles. The lowest BCUT2D eigenvalue weighted by Gasteiger charge is -2.09. The maximum atomic E-state index is 13.0. The van der Waals surface area contributed by atoms with Crippen molar-refractivity contribution in [2.24, 2.45) is 0 Å². The standard InChI is InChI=1S/C21H20FN3O2/c1-14-3-4-17(11-15(14)2)21(27)23-9-10-25-13-24-19(12-20(25)26)16-5-7-18(22)8-6-16/h3-8,11-13H,9-10H2,1-2H3,(H,23,27). The first-order valence-corrected chi connectivity index (χ1v) is 8.62. The normalized spacial score (nSPS) is 10.6. The van der Waals surface area contributed by atoms with Crippen molar-refractivity contribution >= 4 is 5.91 Å². The van der Waals surface area contributed by atoms with E-state index < -0.39 is 0 Å². The largest absolute Gasteiger partial charge is 0.350 e. The van der Waals surface area contributed by atoms with Gasteiger partial charge < -0.3 is 5.32 Å². The molecular formula is C21H20FN3O2. The molecule has 0 saturated carbocycles. The first-order chi connectivity index (χ1) is 12.9. The lowest BCUT2D eigenvalue weighted by Crippen LogP contribution is -2.30. The zero-order valence-corrected chi connectivity index (χ0v) is 15.2. The van der Waals surface area contributed by atoms with E-state index in [1.165, 1.54) is 29.1 Å². The number of nitrogens with one attached hydrogen (secondary N) is 1. The highest BCUT2D eigenvalue weighted by molar-refractivity contribution is 5.94. The summed E-state index contributed by atoms with van der Waals surface area (Å²) in [4.78, 5) is 28.7. The molecule has 0 bridgehead atoms. The topological polar surface area (TPSA) is 64.0 Å². The highest BCUT2D eigenvalue weighted by Crippen LogP contribution is 2.15. The Balaban J connectivity index is 1.62. The van der Waals surface area contributed by atoms with Gasteiger partial charge in [-0.25, -0.2) is 9.37 Å². The van der Waals surface area contributed by atoms with Crippen LogP contribution in [0.1, 0.15) is 21.5 Å². The van der Waals surface area contributed by atoms with Crippen LogP contribution in [0.5, 0.6) is 0 Å². The fourth-order valence-corrected chi connectivity index (χ4v) is 2.65. The molecule has 5 nitrogen and oxygen atoms in total. The van der Waals surface area contributed by atoms with E-state index in [1.807, 2.05) is 26.0 Å². The molecule has 0 radical (unpaired) electrons. The molecular weight excluding hydrogens is 345 g/mol. The molecule has 1 amide bonds. The summed E-state index contributed by atoms with van der Waals surface area (Å²) in [5, 5.41) is 2.81. The SMILES string of the molecule is Cc1ccc(C(=O)NCCn2cnc(-c3ccc(F)cc3)cc2=O)cc1C. The predicted molar refractivity (Wildman–Crippen MR) is 102 cm³/mol. The third kappa shape index (κ3) is 4.47. The molecule has 0 aliphatic heterocycles. The van der Waals surface area contributed by atoms with Crippen LogP contribution in [-0.2, 0) is 6.54 Å². The molecule has 138 valence electrons. The molecule has 0 unspecified atom stereocenters. The number of hydrogen-bond acceptors (Lipinski definition) is 3. The van der Waals surface area contributed by atoms with Crippen molar-refractivity contribution in [3.63, 3.8) is 0 Å². The highest BCUT2D eigenvalue weighted by atomic mass is 19.1. The second-order valence-corrected chi connectivity index (χ2v) is 6.37. The molecule has 3 rings (SSSR count). The van der Waals surface area contributed by atoms with Crippen molar-refractivity contribution in [3.8, 4) is 11.3 Å². The summed E-state index contributed by atoms with van der Waals surface area (Å²) in [5.41, 5.74) is 3.70. The third-order valence-electron chi connectivity index (χ3n) is 4.43. The smallest absolute Gasteiger partial charge is 0.253 e. The fraction of sp³-hybridized carbons (Fsp3) is 0.190. The third-order valence-corrected chi connectivity index (χ3v) is 4.43. The fourth-order valence-electron chi connectivity index (χ4n) is 2.65. The average molecular weight is 365 g/mol. The summed E-state index contributed by atoms with van der Waals surface area (Å²) >= 11 is 0. The first kappa shape index (κ1) is 18.5. The van der Waals surface area contributed by atoms with Crippen molar-refractivity contribution in [3.05, 3.63) is 87.7 Å². The van der Waals surface area contributed by atoms with Gasteiger partial charge in [0.15, 0.2) is 0 Å². The monoisotopic (exact) mass is 365 g/mol. The van der Waals surface area contributed by atoms with Gasteiger partial charge in [-0.05, 0) is 61.4 Å². The molecule has 2 aromatic carbocycles. The molecule has 0 spiro atoms. The van der Waals surface area contributed by atoms with Crippen LogP contribution in [0.3, 0.4) is 0 Å². The van der Waals surface area contributed by atoms with E-state index in [2.05, 4.69) is 10.3 Å². The Kier molecular flexibility index (Phi) is 5.45. The summed E-state index contributed by atoms with van der Waals surface area (Å²) < 4.78 is 14.4. The van der Waals surface area contributed by atoms with Crippen molar-refractivity contribution in [2.45, 2.75) is 20.4 Å². The Morgan fingerprint density at radius 1 is 1.07 bits per heavy atom. The quantitative estimate of drug-likeness (QED) is 0.756. The molecule has 6 heteroatoms. The molecule has 1 aromatic heterocycles. The van der Waals surface area contributed by atoms with Crippen LogP contribution in [0.4, 0.5) is 4.39 Å². The number of aryl methyl sites for hydroxylation is 2. The number of aromatic nitrogens is 2. The van der Waals surface area contributed by atoms with Crippen molar-refractivity contribution < 1.29 is 9.18 Å². The molecule has 3 aromatic rings. The zero-order chi connectivity index (χ0) is 19.4. The van der Waals surface area contributed by atoms with Crippen LogP contribution in [-0.4, -0.2) is 22.0 Å². The van der Waals surface area contributed by atoms with Crippen molar-refractivity contribution in [1.29, 1.82) is 0 Å². The number of nitrogens with zero attached hydrogens (tertiary/aromatic N) is 2. The van der Waals surface area contributed by atoms with Crippen LogP contribution < -0.4 is 10.9 Å². The summed E-state index contributed by atoms with van der Waals surface area (Å²) in [6.45, 7) is 4.57. The Hall–Kier alpha value is -3.28. The van der Waals surface area contributed by atoms with Crippen molar-refractivity contribution in [1.82, 2.24) is 14.9 Å². The minimum absolute atomic E-state index is 0.179. The van der Waals surface area contributed by atoms with Gasteiger partial charge in [0, 0.05) is 30.3 Å². The van der Waals surface area contributed by atoms with E-state index in [-0.39, 0.29) is 17.3 Å². The van der Waals surface area contributed by atoms with Gasteiger partial charge in [-0.15, -0.1) is 0 Å². The Bertz CT molecular complexity index is 1030. The van der Waals surface area contributed by atoms with E-state index in [0.717, 1.165) is 11.1 Å². The van der Waals surface area contributed by atoms with Gasteiger partial charge in [0.1, 0.15) is 5.82 Å².